The minimum atomic E-state index is -0.824. The largest absolute Gasteiger partial charge is 0.452 e. The normalized spacial score (nSPS) is 11.7. The van der Waals surface area contributed by atoms with Gasteiger partial charge in [0.05, 0.1) is 21.6 Å². The first-order chi connectivity index (χ1) is 13.3. The van der Waals surface area contributed by atoms with Gasteiger partial charge in [0.25, 0.3) is 11.6 Å². The van der Waals surface area contributed by atoms with Gasteiger partial charge in [0, 0.05) is 12.1 Å². The van der Waals surface area contributed by atoms with E-state index in [1.807, 2.05) is 30.3 Å². The van der Waals surface area contributed by atoms with Crippen molar-refractivity contribution in [1.29, 1.82) is 0 Å². The number of carbonyl (C=O) groups excluding carboxylic acids is 2. The molecular formula is C20H21ClN2O5. The van der Waals surface area contributed by atoms with E-state index < -0.39 is 23.4 Å². The Morgan fingerprint density at radius 1 is 1.18 bits per heavy atom. The van der Waals surface area contributed by atoms with E-state index in [2.05, 4.69) is 19.2 Å². The number of hydrogen-bond donors (Lipinski definition) is 1. The van der Waals surface area contributed by atoms with Crippen molar-refractivity contribution in [2.24, 2.45) is 5.92 Å². The number of nitrogens with one attached hydrogen (secondary N) is 1. The molecule has 1 amide bonds. The molecule has 0 aliphatic rings. The van der Waals surface area contributed by atoms with Crippen molar-refractivity contribution >= 4 is 29.2 Å². The molecule has 7 nitrogen and oxygen atoms in total. The van der Waals surface area contributed by atoms with Gasteiger partial charge in [-0.3, -0.25) is 14.9 Å². The first kappa shape index (κ1) is 21.4. The van der Waals surface area contributed by atoms with Crippen LogP contribution in [0.4, 0.5) is 5.69 Å². The van der Waals surface area contributed by atoms with Crippen molar-refractivity contribution in [1.82, 2.24) is 5.32 Å². The van der Waals surface area contributed by atoms with Crippen molar-refractivity contribution < 1.29 is 19.2 Å². The molecule has 0 fully saturated rings. The van der Waals surface area contributed by atoms with Crippen LogP contribution in [-0.4, -0.2) is 23.4 Å². The summed E-state index contributed by atoms with van der Waals surface area (Å²) in [5.74, 6) is -0.914. The van der Waals surface area contributed by atoms with E-state index in [0.29, 0.717) is 5.92 Å². The second-order valence-corrected chi connectivity index (χ2v) is 7.06. The number of rotatable bonds is 8. The van der Waals surface area contributed by atoms with Crippen molar-refractivity contribution in [3.05, 3.63) is 74.8 Å². The highest BCUT2D eigenvalue weighted by Gasteiger charge is 2.19. The summed E-state index contributed by atoms with van der Waals surface area (Å²) in [5.41, 5.74) is 0.690. The SMILES string of the molecule is CC(C)C[C@H](NC(=O)COC(=O)c1ccc([N+](=O)[O-])cc1Cl)c1ccccc1. The standard InChI is InChI=1S/C20H21ClN2O5/c1-13(2)10-18(14-6-4-3-5-7-14)22-19(24)12-28-20(25)16-9-8-15(23(26)27)11-17(16)21/h3-9,11,13,18H,10,12H2,1-2H3,(H,22,24)/t18-/m0/s1. The number of ether oxygens (including phenoxy) is 1. The summed E-state index contributed by atoms with van der Waals surface area (Å²) in [6.45, 7) is 3.63. The Morgan fingerprint density at radius 2 is 1.86 bits per heavy atom. The highest BCUT2D eigenvalue weighted by Crippen LogP contribution is 2.23. The van der Waals surface area contributed by atoms with E-state index in [9.17, 15) is 19.7 Å². The number of benzene rings is 2. The molecule has 0 aromatic heterocycles. The monoisotopic (exact) mass is 404 g/mol. The molecule has 148 valence electrons. The average Bonchev–Trinajstić information content (AvgIpc) is 2.65. The molecule has 0 unspecified atom stereocenters. The van der Waals surface area contributed by atoms with Crippen LogP contribution in [0.15, 0.2) is 48.5 Å². The van der Waals surface area contributed by atoms with Gasteiger partial charge in [-0.1, -0.05) is 55.8 Å². The van der Waals surface area contributed by atoms with Gasteiger partial charge in [-0.15, -0.1) is 0 Å². The molecule has 0 heterocycles. The number of amides is 1. The van der Waals surface area contributed by atoms with Crippen LogP contribution in [0.1, 0.15) is 42.2 Å². The van der Waals surface area contributed by atoms with Crippen molar-refractivity contribution in [3.8, 4) is 0 Å². The molecule has 0 bridgehead atoms. The van der Waals surface area contributed by atoms with Gasteiger partial charge < -0.3 is 10.1 Å². The zero-order chi connectivity index (χ0) is 20.7. The predicted octanol–water partition coefficient (Wildman–Crippen LogP) is 4.31. The lowest BCUT2D eigenvalue weighted by molar-refractivity contribution is -0.384. The van der Waals surface area contributed by atoms with Gasteiger partial charge in [-0.25, -0.2) is 4.79 Å². The Balaban J connectivity index is 1.98. The number of nitrogens with zero attached hydrogens (tertiary/aromatic N) is 1. The molecule has 0 saturated carbocycles. The van der Waals surface area contributed by atoms with Gasteiger partial charge in [-0.05, 0) is 24.0 Å². The third kappa shape index (κ3) is 6.06. The second-order valence-electron chi connectivity index (χ2n) is 6.66. The molecule has 2 aromatic carbocycles. The highest BCUT2D eigenvalue weighted by molar-refractivity contribution is 6.33. The lowest BCUT2D eigenvalue weighted by atomic mass is 9.97. The van der Waals surface area contributed by atoms with Crippen LogP contribution >= 0.6 is 11.6 Å². The maximum Gasteiger partial charge on any atom is 0.340 e. The number of esters is 1. The molecule has 0 radical (unpaired) electrons. The van der Waals surface area contributed by atoms with E-state index in [0.717, 1.165) is 24.1 Å². The molecular weight excluding hydrogens is 384 g/mol. The number of hydrogen-bond acceptors (Lipinski definition) is 5. The lowest BCUT2D eigenvalue weighted by Crippen LogP contribution is -2.33. The van der Waals surface area contributed by atoms with Crippen molar-refractivity contribution in [2.75, 3.05) is 6.61 Å². The summed E-state index contributed by atoms with van der Waals surface area (Å²) in [6, 6.07) is 12.8. The van der Waals surface area contributed by atoms with E-state index in [-0.39, 0.29) is 22.3 Å². The average molecular weight is 405 g/mol. The van der Waals surface area contributed by atoms with E-state index in [4.69, 9.17) is 16.3 Å². The topological polar surface area (TPSA) is 98.5 Å². The molecule has 0 spiro atoms. The van der Waals surface area contributed by atoms with E-state index >= 15 is 0 Å². The summed E-state index contributed by atoms with van der Waals surface area (Å²) in [4.78, 5) is 34.5. The Kier molecular flexibility index (Phi) is 7.52. The number of halogens is 1. The second kappa shape index (κ2) is 9.85. The number of carbonyl (C=O) groups is 2. The first-order valence-electron chi connectivity index (χ1n) is 8.73. The molecule has 8 heteroatoms. The van der Waals surface area contributed by atoms with Gasteiger partial charge in [-0.2, -0.15) is 0 Å². The molecule has 28 heavy (non-hydrogen) atoms. The summed E-state index contributed by atoms with van der Waals surface area (Å²) in [6.07, 6.45) is 0.734. The van der Waals surface area contributed by atoms with Crippen LogP contribution in [0.5, 0.6) is 0 Å². The summed E-state index contributed by atoms with van der Waals surface area (Å²) in [7, 11) is 0. The number of nitro benzene ring substituents is 1. The van der Waals surface area contributed by atoms with Gasteiger partial charge in [0.1, 0.15) is 0 Å². The summed E-state index contributed by atoms with van der Waals surface area (Å²) in [5, 5.41) is 13.5. The van der Waals surface area contributed by atoms with Gasteiger partial charge in [0.15, 0.2) is 6.61 Å². The molecule has 2 rings (SSSR count). The Bertz CT molecular complexity index is 855. The first-order valence-corrected chi connectivity index (χ1v) is 9.11. The Morgan fingerprint density at radius 3 is 2.43 bits per heavy atom. The van der Waals surface area contributed by atoms with Crippen molar-refractivity contribution in [2.45, 2.75) is 26.3 Å². The summed E-state index contributed by atoms with van der Waals surface area (Å²) >= 11 is 5.90. The smallest absolute Gasteiger partial charge is 0.340 e. The lowest BCUT2D eigenvalue weighted by Gasteiger charge is -2.21. The van der Waals surface area contributed by atoms with E-state index in [1.54, 1.807) is 0 Å². The number of nitro groups is 1. The molecule has 0 aliphatic heterocycles. The fourth-order valence-corrected chi connectivity index (χ4v) is 2.91. The molecule has 0 saturated heterocycles. The zero-order valence-corrected chi connectivity index (χ0v) is 16.3. The Labute approximate surface area is 167 Å². The van der Waals surface area contributed by atoms with Gasteiger partial charge in [0.2, 0.25) is 0 Å². The zero-order valence-electron chi connectivity index (χ0n) is 15.6. The quantitative estimate of drug-likeness (QED) is 0.401. The summed E-state index contributed by atoms with van der Waals surface area (Å²) < 4.78 is 5.01. The minimum Gasteiger partial charge on any atom is -0.452 e. The van der Waals surface area contributed by atoms with Crippen LogP contribution < -0.4 is 5.32 Å². The maximum atomic E-state index is 12.3. The minimum absolute atomic E-state index is 0.0399. The predicted molar refractivity (Wildman–Crippen MR) is 105 cm³/mol. The fourth-order valence-electron chi connectivity index (χ4n) is 2.66. The van der Waals surface area contributed by atoms with Crippen LogP contribution in [0.25, 0.3) is 0 Å². The van der Waals surface area contributed by atoms with E-state index in [1.165, 1.54) is 6.07 Å². The molecule has 1 atom stereocenters. The van der Waals surface area contributed by atoms with Crippen LogP contribution in [0, 0.1) is 16.0 Å². The third-order valence-corrected chi connectivity index (χ3v) is 4.27. The van der Waals surface area contributed by atoms with Crippen molar-refractivity contribution in [3.63, 3.8) is 0 Å². The molecule has 0 aliphatic carbocycles. The van der Waals surface area contributed by atoms with Crippen LogP contribution in [0.3, 0.4) is 0 Å². The Hall–Kier alpha value is -2.93. The number of non-ortho nitro benzene ring substituents is 1. The van der Waals surface area contributed by atoms with Crippen LogP contribution in [-0.2, 0) is 9.53 Å². The maximum absolute atomic E-state index is 12.3. The highest BCUT2D eigenvalue weighted by atomic mass is 35.5. The molecule has 2 aromatic rings. The third-order valence-electron chi connectivity index (χ3n) is 3.96. The van der Waals surface area contributed by atoms with Crippen LogP contribution in [0.2, 0.25) is 5.02 Å². The molecule has 1 N–H and O–H groups in total. The fraction of sp³-hybridized carbons (Fsp3) is 0.300. The van der Waals surface area contributed by atoms with Gasteiger partial charge >= 0.3 is 5.97 Å².